The van der Waals surface area contributed by atoms with Gasteiger partial charge in [0.2, 0.25) is 0 Å². The minimum Gasteiger partial charge on any atom is -0.497 e. The van der Waals surface area contributed by atoms with Gasteiger partial charge in [-0.1, -0.05) is 0 Å². The summed E-state index contributed by atoms with van der Waals surface area (Å²) >= 11 is 0. The molecule has 0 aliphatic rings. The Morgan fingerprint density at radius 3 is 2.40 bits per heavy atom. The van der Waals surface area contributed by atoms with Gasteiger partial charge in [0.1, 0.15) is 11.5 Å². The van der Waals surface area contributed by atoms with Gasteiger partial charge in [-0.05, 0) is 19.1 Å². The number of nitrogens with two attached hydrogens (primary N) is 1. The van der Waals surface area contributed by atoms with Crippen LogP contribution >= 0.6 is 0 Å². The monoisotopic (exact) mass is 211 g/mol. The molecule has 0 unspecified atom stereocenters. The van der Waals surface area contributed by atoms with Gasteiger partial charge in [-0.3, -0.25) is 0 Å². The maximum absolute atomic E-state index is 9.83. The van der Waals surface area contributed by atoms with Crippen LogP contribution in [0.5, 0.6) is 11.5 Å². The second-order valence-electron chi connectivity index (χ2n) is 3.41. The smallest absolute Gasteiger partial charge is 0.128 e. The van der Waals surface area contributed by atoms with Gasteiger partial charge in [-0.15, -0.1) is 0 Å². The number of hydrogen-bond donors (Lipinski definition) is 2. The average molecular weight is 211 g/mol. The van der Waals surface area contributed by atoms with E-state index in [0.29, 0.717) is 17.1 Å². The minimum absolute atomic E-state index is 0.340. The standard InChI is InChI=1S/C11H17NO3/c1-7(12)11(13)9-5-4-8(14-2)6-10(9)15-3/h4-7,11,13H,12H2,1-3H3/t7-,11-/m1/s1. The highest BCUT2D eigenvalue weighted by Gasteiger charge is 2.17. The maximum Gasteiger partial charge on any atom is 0.128 e. The van der Waals surface area contributed by atoms with Crippen molar-refractivity contribution in [2.24, 2.45) is 5.73 Å². The Hall–Kier alpha value is -1.26. The van der Waals surface area contributed by atoms with Crippen molar-refractivity contribution in [1.82, 2.24) is 0 Å². The zero-order chi connectivity index (χ0) is 11.4. The number of rotatable bonds is 4. The van der Waals surface area contributed by atoms with Crippen LogP contribution < -0.4 is 15.2 Å². The molecule has 0 aliphatic carbocycles. The van der Waals surface area contributed by atoms with Crippen LogP contribution in [0.15, 0.2) is 18.2 Å². The van der Waals surface area contributed by atoms with Gasteiger partial charge in [-0.2, -0.15) is 0 Å². The molecule has 2 atom stereocenters. The predicted octanol–water partition coefficient (Wildman–Crippen LogP) is 1.08. The van der Waals surface area contributed by atoms with Crippen molar-refractivity contribution >= 4 is 0 Å². The lowest BCUT2D eigenvalue weighted by molar-refractivity contribution is 0.149. The largest absolute Gasteiger partial charge is 0.497 e. The molecule has 1 aromatic carbocycles. The summed E-state index contributed by atoms with van der Waals surface area (Å²) in [6.07, 6.45) is -0.731. The summed E-state index contributed by atoms with van der Waals surface area (Å²) in [6.45, 7) is 1.74. The van der Waals surface area contributed by atoms with Gasteiger partial charge < -0.3 is 20.3 Å². The summed E-state index contributed by atoms with van der Waals surface area (Å²) in [5, 5.41) is 9.83. The molecule has 0 heterocycles. The number of aliphatic hydroxyl groups is 1. The van der Waals surface area contributed by atoms with Gasteiger partial charge in [0, 0.05) is 17.7 Å². The first-order valence-corrected chi connectivity index (χ1v) is 4.75. The van der Waals surface area contributed by atoms with E-state index in [1.165, 1.54) is 0 Å². The van der Waals surface area contributed by atoms with Crippen LogP contribution in [-0.4, -0.2) is 25.4 Å². The Morgan fingerprint density at radius 2 is 1.93 bits per heavy atom. The molecule has 15 heavy (non-hydrogen) atoms. The highest BCUT2D eigenvalue weighted by atomic mass is 16.5. The van der Waals surface area contributed by atoms with E-state index in [0.717, 1.165) is 0 Å². The lowest BCUT2D eigenvalue weighted by Gasteiger charge is -2.18. The Morgan fingerprint density at radius 1 is 1.27 bits per heavy atom. The molecule has 0 radical (unpaired) electrons. The number of methoxy groups -OCH3 is 2. The summed E-state index contributed by atoms with van der Waals surface area (Å²) < 4.78 is 10.2. The molecule has 0 saturated carbocycles. The van der Waals surface area contributed by atoms with Crippen molar-refractivity contribution in [3.8, 4) is 11.5 Å². The van der Waals surface area contributed by atoms with Crippen molar-refractivity contribution in [3.63, 3.8) is 0 Å². The van der Waals surface area contributed by atoms with Crippen LogP contribution in [0.1, 0.15) is 18.6 Å². The van der Waals surface area contributed by atoms with Crippen LogP contribution in [0.3, 0.4) is 0 Å². The quantitative estimate of drug-likeness (QED) is 0.782. The Labute approximate surface area is 89.6 Å². The highest BCUT2D eigenvalue weighted by Crippen LogP contribution is 2.30. The van der Waals surface area contributed by atoms with E-state index in [-0.39, 0.29) is 6.04 Å². The second-order valence-corrected chi connectivity index (χ2v) is 3.41. The fourth-order valence-electron chi connectivity index (χ4n) is 1.35. The van der Waals surface area contributed by atoms with Crippen LogP contribution in [0.2, 0.25) is 0 Å². The van der Waals surface area contributed by atoms with Gasteiger partial charge in [0.25, 0.3) is 0 Å². The van der Waals surface area contributed by atoms with Crippen molar-refractivity contribution in [3.05, 3.63) is 23.8 Å². The van der Waals surface area contributed by atoms with Crippen LogP contribution in [0, 0.1) is 0 Å². The zero-order valence-corrected chi connectivity index (χ0v) is 9.23. The van der Waals surface area contributed by atoms with Gasteiger partial charge in [0.15, 0.2) is 0 Å². The molecule has 84 valence electrons. The topological polar surface area (TPSA) is 64.7 Å². The van der Waals surface area contributed by atoms with E-state index >= 15 is 0 Å². The molecule has 3 N–H and O–H groups in total. The molecule has 0 amide bonds. The summed E-state index contributed by atoms with van der Waals surface area (Å²) in [7, 11) is 3.13. The van der Waals surface area contributed by atoms with Gasteiger partial charge in [0.05, 0.1) is 20.3 Å². The number of hydrogen-bond acceptors (Lipinski definition) is 4. The summed E-state index contributed by atoms with van der Waals surface area (Å²) in [4.78, 5) is 0. The van der Waals surface area contributed by atoms with Crippen molar-refractivity contribution in [2.75, 3.05) is 14.2 Å². The Balaban J connectivity index is 3.07. The number of ether oxygens (including phenoxy) is 2. The maximum atomic E-state index is 9.83. The molecular weight excluding hydrogens is 194 g/mol. The van der Waals surface area contributed by atoms with E-state index in [4.69, 9.17) is 15.2 Å². The molecule has 1 rings (SSSR count). The number of benzene rings is 1. The first-order chi connectivity index (χ1) is 7.10. The summed E-state index contributed by atoms with van der Waals surface area (Å²) in [5.41, 5.74) is 6.30. The van der Waals surface area contributed by atoms with Crippen molar-refractivity contribution in [2.45, 2.75) is 19.1 Å². The predicted molar refractivity (Wildman–Crippen MR) is 58.2 cm³/mol. The molecule has 4 heteroatoms. The first kappa shape index (κ1) is 11.8. The highest BCUT2D eigenvalue weighted by molar-refractivity contribution is 5.42. The first-order valence-electron chi connectivity index (χ1n) is 4.75. The van der Waals surface area contributed by atoms with Crippen LogP contribution in [0.4, 0.5) is 0 Å². The van der Waals surface area contributed by atoms with Crippen LogP contribution in [0.25, 0.3) is 0 Å². The summed E-state index contributed by atoms with van der Waals surface area (Å²) in [5.74, 6) is 1.27. The Bertz CT molecular complexity index is 326. The molecule has 0 spiro atoms. The van der Waals surface area contributed by atoms with E-state index < -0.39 is 6.10 Å². The van der Waals surface area contributed by atoms with E-state index in [2.05, 4.69) is 0 Å². The molecule has 0 saturated heterocycles. The van der Waals surface area contributed by atoms with Crippen molar-refractivity contribution < 1.29 is 14.6 Å². The van der Waals surface area contributed by atoms with E-state index in [1.54, 1.807) is 39.3 Å². The SMILES string of the molecule is COc1ccc([C@H](O)[C@@H](C)N)c(OC)c1. The number of aliphatic hydroxyl groups excluding tert-OH is 1. The molecule has 0 aromatic heterocycles. The third-order valence-electron chi connectivity index (χ3n) is 2.26. The summed E-state index contributed by atoms with van der Waals surface area (Å²) in [6, 6.07) is 4.91. The third-order valence-corrected chi connectivity index (χ3v) is 2.26. The fraction of sp³-hybridized carbons (Fsp3) is 0.455. The molecular formula is C11H17NO3. The van der Waals surface area contributed by atoms with Crippen molar-refractivity contribution in [1.29, 1.82) is 0 Å². The zero-order valence-electron chi connectivity index (χ0n) is 9.23. The molecule has 4 nitrogen and oxygen atoms in total. The minimum atomic E-state index is -0.731. The van der Waals surface area contributed by atoms with E-state index in [9.17, 15) is 5.11 Å². The van der Waals surface area contributed by atoms with Gasteiger partial charge in [-0.25, -0.2) is 0 Å². The molecule has 0 bridgehead atoms. The molecule has 1 aromatic rings. The van der Waals surface area contributed by atoms with Crippen LogP contribution in [-0.2, 0) is 0 Å². The van der Waals surface area contributed by atoms with Gasteiger partial charge >= 0.3 is 0 Å². The second kappa shape index (κ2) is 5.00. The molecule has 0 fully saturated rings. The lowest BCUT2D eigenvalue weighted by atomic mass is 10.0. The lowest BCUT2D eigenvalue weighted by Crippen LogP contribution is -2.24. The Kier molecular flexibility index (Phi) is 3.94. The normalized spacial score (nSPS) is 14.5. The molecule has 0 aliphatic heterocycles. The third kappa shape index (κ3) is 2.61. The van der Waals surface area contributed by atoms with E-state index in [1.807, 2.05) is 0 Å². The average Bonchev–Trinajstić information content (AvgIpc) is 2.27. The fourth-order valence-corrected chi connectivity index (χ4v) is 1.35.